The quantitative estimate of drug-likeness (QED) is 0.510. The van der Waals surface area contributed by atoms with E-state index in [2.05, 4.69) is 20.8 Å². The van der Waals surface area contributed by atoms with E-state index in [4.69, 9.17) is 0 Å². The molecule has 0 aliphatic rings. The van der Waals surface area contributed by atoms with E-state index >= 15 is 0 Å². The van der Waals surface area contributed by atoms with E-state index in [1.165, 1.54) is 0 Å². The first-order valence-electron chi connectivity index (χ1n) is 7.15. The maximum Gasteiger partial charge on any atom is 0.163 e. The van der Waals surface area contributed by atoms with E-state index in [1.54, 1.807) is 0 Å². The molecular weight excluding hydrogens is 267 g/mol. The van der Waals surface area contributed by atoms with Gasteiger partial charge in [-0.15, -0.1) is 0 Å². The van der Waals surface area contributed by atoms with Crippen molar-refractivity contribution < 1.29 is 9.36 Å². The number of aryl methyl sites for hydroxylation is 2. The van der Waals surface area contributed by atoms with E-state index in [9.17, 15) is 9.36 Å². The predicted octanol–water partition coefficient (Wildman–Crippen LogP) is 5.22. The van der Waals surface area contributed by atoms with Crippen LogP contribution in [0.2, 0.25) is 0 Å². The molecule has 0 saturated carbocycles. The fourth-order valence-corrected chi connectivity index (χ4v) is 3.37. The van der Waals surface area contributed by atoms with Gasteiger partial charge in [-0.05, 0) is 42.7 Å². The summed E-state index contributed by atoms with van der Waals surface area (Å²) in [6.45, 7) is 10.3. The van der Waals surface area contributed by atoms with E-state index in [-0.39, 0.29) is 19.7 Å². The Hall–Kier alpha value is -1.01. The lowest BCUT2D eigenvalue weighted by atomic mass is 9.78. The fourth-order valence-electron chi connectivity index (χ4n) is 2.98. The molecule has 0 aliphatic heterocycles. The zero-order chi connectivity index (χ0) is 15.3. The molecule has 0 heterocycles. The molecule has 0 N–H and O–H groups in total. The van der Waals surface area contributed by atoms with Gasteiger partial charge in [0.25, 0.3) is 0 Å². The van der Waals surface area contributed by atoms with E-state index in [1.807, 2.05) is 32.0 Å². The lowest BCUT2D eigenvalue weighted by Gasteiger charge is -2.27. The SMILES string of the molecule is Cc1cccc(C)c1C(=O)CC(C)(C)CC(C)CP=O. The largest absolute Gasteiger partial charge is 0.294 e. The van der Waals surface area contributed by atoms with Gasteiger partial charge in [-0.3, -0.25) is 9.36 Å². The highest BCUT2D eigenvalue weighted by Crippen LogP contribution is 2.32. The van der Waals surface area contributed by atoms with Crippen molar-refractivity contribution in [3.8, 4) is 0 Å². The Kier molecular flexibility index (Phi) is 6.07. The Morgan fingerprint density at radius 2 is 1.80 bits per heavy atom. The summed E-state index contributed by atoms with van der Waals surface area (Å²) >= 11 is 0. The van der Waals surface area contributed by atoms with Crippen molar-refractivity contribution in [3.63, 3.8) is 0 Å². The normalized spacial score (nSPS) is 13.4. The fraction of sp³-hybridized carbons (Fsp3) is 0.588. The van der Waals surface area contributed by atoms with Crippen molar-refractivity contribution in [1.82, 2.24) is 0 Å². The van der Waals surface area contributed by atoms with Crippen molar-refractivity contribution in [2.24, 2.45) is 11.3 Å². The molecule has 2 nitrogen and oxygen atoms in total. The summed E-state index contributed by atoms with van der Waals surface area (Å²) in [5.41, 5.74) is 2.92. The molecular formula is C17H25O2P. The van der Waals surface area contributed by atoms with Crippen LogP contribution in [0.5, 0.6) is 0 Å². The van der Waals surface area contributed by atoms with Gasteiger partial charge in [0.2, 0.25) is 0 Å². The van der Waals surface area contributed by atoms with Gasteiger partial charge in [0.05, 0.1) is 0 Å². The van der Waals surface area contributed by atoms with Crippen LogP contribution in [0, 0.1) is 25.2 Å². The van der Waals surface area contributed by atoms with Crippen LogP contribution >= 0.6 is 8.46 Å². The van der Waals surface area contributed by atoms with Gasteiger partial charge in [0.15, 0.2) is 14.2 Å². The molecule has 1 aromatic carbocycles. The average Bonchev–Trinajstić information content (AvgIpc) is 2.26. The summed E-state index contributed by atoms with van der Waals surface area (Å²) in [7, 11) is 0.195. The minimum Gasteiger partial charge on any atom is -0.294 e. The number of ketones is 1. The Labute approximate surface area is 124 Å². The van der Waals surface area contributed by atoms with Crippen molar-refractivity contribution in [1.29, 1.82) is 0 Å². The average molecular weight is 292 g/mol. The summed E-state index contributed by atoms with van der Waals surface area (Å²) < 4.78 is 10.7. The van der Waals surface area contributed by atoms with Crippen LogP contribution in [0.3, 0.4) is 0 Å². The second-order valence-electron chi connectivity index (χ2n) is 6.65. The Morgan fingerprint density at radius 1 is 1.25 bits per heavy atom. The first kappa shape index (κ1) is 17.0. The molecule has 110 valence electrons. The molecule has 1 unspecified atom stereocenters. The van der Waals surface area contributed by atoms with Crippen LogP contribution in [-0.2, 0) is 4.57 Å². The molecule has 1 rings (SSSR count). The molecule has 20 heavy (non-hydrogen) atoms. The molecule has 0 amide bonds. The van der Waals surface area contributed by atoms with Gasteiger partial charge in [-0.25, -0.2) is 0 Å². The topological polar surface area (TPSA) is 34.1 Å². The lowest BCUT2D eigenvalue weighted by molar-refractivity contribution is 0.0916. The monoisotopic (exact) mass is 292 g/mol. The van der Waals surface area contributed by atoms with Gasteiger partial charge < -0.3 is 0 Å². The highest BCUT2D eigenvalue weighted by molar-refractivity contribution is 7.23. The van der Waals surface area contributed by atoms with Gasteiger partial charge in [-0.1, -0.05) is 39.0 Å². The Bertz CT molecular complexity index is 472. The van der Waals surface area contributed by atoms with E-state index < -0.39 is 0 Å². The van der Waals surface area contributed by atoms with Crippen LogP contribution in [0.4, 0.5) is 0 Å². The van der Waals surface area contributed by atoms with Crippen molar-refractivity contribution in [3.05, 3.63) is 34.9 Å². The Balaban J connectivity index is 2.81. The summed E-state index contributed by atoms with van der Waals surface area (Å²) in [6.07, 6.45) is 2.12. The third-order valence-electron chi connectivity index (χ3n) is 3.69. The second-order valence-corrected chi connectivity index (χ2v) is 7.28. The number of carbonyl (C=O) groups is 1. The number of benzene rings is 1. The second kappa shape index (κ2) is 7.13. The van der Waals surface area contributed by atoms with Crippen LogP contribution in [0.1, 0.15) is 55.1 Å². The van der Waals surface area contributed by atoms with Crippen LogP contribution in [0.25, 0.3) is 0 Å². The smallest absolute Gasteiger partial charge is 0.163 e. The lowest BCUT2D eigenvalue weighted by Crippen LogP contribution is -2.21. The third kappa shape index (κ3) is 4.83. The van der Waals surface area contributed by atoms with Crippen LogP contribution < -0.4 is 0 Å². The van der Waals surface area contributed by atoms with Crippen molar-refractivity contribution in [2.45, 2.75) is 47.5 Å². The molecule has 0 fully saturated rings. The molecule has 3 heteroatoms. The number of hydrogen-bond donors (Lipinski definition) is 0. The van der Waals surface area contributed by atoms with Crippen molar-refractivity contribution >= 4 is 14.2 Å². The van der Waals surface area contributed by atoms with Gasteiger partial charge in [0, 0.05) is 18.1 Å². The summed E-state index contributed by atoms with van der Waals surface area (Å²) in [5, 5.41) is 0. The first-order chi connectivity index (χ1) is 9.26. The molecule has 0 saturated heterocycles. The zero-order valence-corrected chi connectivity index (χ0v) is 14.1. The third-order valence-corrected chi connectivity index (χ3v) is 4.46. The highest BCUT2D eigenvalue weighted by Gasteiger charge is 2.26. The molecule has 0 bridgehead atoms. The van der Waals surface area contributed by atoms with E-state index in [0.717, 1.165) is 23.1 Å². The maximum atomic E-state index is 12.6. The van der Waals surface area contributed by atoms with E-state index in [0.29, 0.717) is 18.5 Å². The minimum atomic E-state index is -0.0596. The number of Topliss-reactive ketones (excluding diaryl/α,β-unsaturated/α-hetero) is 1. The molecule has 0 spiro atoms. The van der Waals surface area contributed by atoms with Crippen molar-refractivity contribution in [2.75, 3.05) is 6.16 Å². The van der Waals surface area contributed by atoms with Gasteiger partial charge >= 0.3 is 0 Å². The van der Waals surface area contributed by atoms with Gasteiger partial charge in [-0.2, -0.15) is 0 Å². The summed E-state index contributed by atoms with van der Waals surface area (Å²) in [4.78, 5) is 12.6. The number of hydrogen-bond acceptors (Lipinski definition) is 2. The molecule has 0 radical (unpaired) electrons. The molecule has 1 aromatic rings. The standard InChI is InChI=1S/C17H25O2P/c1-12(11-20-19)9-17(4,5)10-15(18)16-13(2)7-6-8-14(16)3/h6-8,12H,9-11H2,1-5H3. The summed E-state index contributed by atoms with van der Waals surface area (Å²) in [5.74, 6) is 0.590. The van der Waals surface area contributed by atoms with Crippen LogP contribution in [-0.4, -0.2) is 11.9 Å². The number of rotatable bonds is 7. The summed E-state index contributed by atoms with van der Waals surface area (Å²) in [6, 6.07) is 5.97. The Morgan fingerprint density at radius 3 is 2.30 bits per heavy atom. The predicted molar refractivity (Wildman–Crippen MR) is 84.9 cm³/mol. The molecule has 0 aromatic heterocycles. The minimum absolute atomic E-state index is 0.0596. The number of carbonyl (C=O) groups excluding carboxylic acids is 1. The molecule has 1 atom stereocenters. The zero-order valence-electron chi connectivity index (χ0n) is 13.2. The highest BCUT2D eigenvalue weighted by atomic mass is 31.1. The van der Waals surface area contributed by atoms with Gasteiger partial charge in [0.1, 0.15) is 0 Å². The maximum absolute atomic E-state index is 12.6. The van der Waals surface area contributed by atoms with Crippen LogP contribution in [0.15, 0.2) is 18.2 Å². The molecule has 0 aliphatic carbocycles. The first-order valence-corrected chi connectivity index (χ1v) is 8.15.